The van der Waals surface area contributed by atoms with Gasteiger partial charge in [0.15, 0.2) is 5.65 Å². The van der Waals surface area contributed by atoms with Crippen molar-refractivity contribution in [2.24, 2.45) is 0 Å². The number of aromatic nitrogens is 5. The number of aromatic amines is 2. The Morgan fingerprint density at radius 1 is 0.865 bits per heavy atom. The number of piperidine rings is 2. The monoisotopic (exact) mass is 728 g/mol. The number of hydrogen-bond acceptors (Lipinski definition) is 11. The second-order valence-electron chi connectivity index (χ2n) is 14.9. The van der Waals surface area contributed by atoms with E-state index in [9.17, 15) is 24.0 Å². The molecule has 5 rings (SSSR count). The van der Waals surface area contributed by atoms with Crippen molar-refractivity contribution in [3.05, 3.63) is 45.6 Å². The number of nitrogens with zero attached hydrogens (tertiary/aromatic N) is 5. The van der Waals surface area contributed by atoms with Crippen LogP contribution in [0.1, 0.15) is 130 Å². The van der Waals surface area contributed by atoms with Gasteiger partial charge in [0.1, 0.15) is 29.2 Å². The Bertz CT molecular complexity index is 1730. The van der Waals surface area contributed by atoms with Gasteiger partial charge >= 0.3 is 18.2 Å². The number of Topliss-reactive ketones (excluding diaryl/α,β-unsaturated/α-hetero) is 1. The maximum absolute atomic E-state index is 12.5. The summed E-state index contributed by atoms with van der Waals surface area (Å²) in [6.45, 7) is 17.8. The maximum Gasteiger partial charge on any atom is 0.410 e. The van der Waals surface area contributed by atoms with Gasteiger partial charge in [0, 0.05) is 37.0 Å². The minimum absolute atomic E-state index is 0.0200. The van der Waals surface area contributed by atoms with Gasteiger partial charge in [0.2, 0.25) is 0 Å². The highest BCUT2D eigenvalue weighted by Crippen LogP contribution is 2.33. The number of ether oxygens (including phenoxy) is 3. The molecule has 0 radical (unpaired) electrons. The number of amides is 2. The summed E-state index contributed by atoms with van der Waals surface area (Å²) in [6, 6.07) is 4.97. The van der Waals surface area contributed by atoms with Crippen LogP contribution in [-0.4, -0.2) is 89.4 Å². The van der Waals surface area contributed by atoms with E-state index in [1.165, 1.54) is 17.5 Å². The predicted octanol–water partition coefficient (Wildman–Crippen LogP) is 5.78. The third kappa shape index (κ3) is 12.7. The summed E-state index contributed by atoms with van der Waals surface area (Å²) in [4.78, 5) is 65.4. The Balaban J connectivity index is 0.000000232. The Morgan fingerprint density at radius 2 is 1.40 bits per heavy atom. The lowest BCUT2D eigenvalue weighted by atomic mass is 10.00. The van der Waals surface area contributed by atoms with Crippen molar-refractivity contribution in [1.82, 2.24) is 34.6 Å². The second-order valence-corrected chi connectivity index (χ2v) is 14.9. The Kier molecular flexibility index (Phi) is 14.4. The summed E-state index contributed by atoms with van der Waals surface area (Å²) in [5, 5.41) is 9.93. The van der Waals surface area contributed by atoms with Crippen LogP contribution in [-0.2, 0) is 23.8 Å². The lowest BCUT2D eigenvalue weighted by Gasteiger charge is -2.36. The summed E-state index contributed by atoms with van der Waals surface area (Å²) < 4.78 is 16.9. The minimum atomic E-state index is -0.533. The van der Waals surface area contributed by atoms with Crippen LogP contribution < -0.4 is 11.3 Å². The fourth-order valence-electron chi connectivity index (χ4n) is 5.83. The number of ketones is 1. The van der Waals surface area contributed by atoms with Crippen LogP contribution in [0.3, 0.4) is 0 Å². The molecule has 2 atom stereocenters. The number of esters is 1. The molecular formula is C36H56N8O8. The molecule has 0 aliphatic carbocycles. The molecule has 2 saturated heterocycles. The number of hydrogen-bond donors (Lipinski definition) is 3. The van der Waals surface area contributed by atoms with Gasteiger partial charge in [-0.15, -0.1) is 0 Å². The fourth-order valence-corrected chi connectivity index (χ4v) is 5.83. The number of aryl methyl sites for hydroxylation is 1. The molecule has 16 heteroatoms. The zero-order valence-electron chi connectivity index (χ0n) is 32.0. The quantitative estimate of drug-likeness (QED) is 0.163. The van der Waals surface area contributed by atoms with Crippen LogP contribution in [0.4, 0.5) is 15.4 Å². The molecule has 2 aliphatic heterocycles. The van der Waals surface area contributed by atoms with Gasteiger partial charge in [-0.1, -0.05) is 0 Å². The molecule has 2 fully saturated rings. The lowest BCUT2D eigenvalue weighted by molar-refractivity contribution is -0.145. The van der Waals surface area contributed by atoms with E-state index in [4.69, 9.17) is 15.2 Å². The number of rotatable bonds is 5. The summed E-state index contributed by atoms with van der Waals surface area (Å²) in [5.41, 5.74) is 7.42. The number of nitrogens with one attached hydrogen (secondary N) is 2. The predicted molar refractivity (Wildman–Crippen MR) is 195 cm³/mol. The van der Waals surface area contributed by atoms with Crippen molar-refractivity contribution in [3.63, 3.8) is 0 Å². The van der Waals surface area contributed by atoms with Gasteiger partial charge in [-0.05, 0) is 101 Å². The van der Waals surface area contributed by atoms with E-state index in [1.807, 2.05) is 47.6 Å². The van der Waals surface area contributed by atoms with E-state index >= 15 is 0 Å². The molecule has 52 heavy (non-hydrogen) atoms. The van der Waals surface area contributed by atoms with Gasteiger partial charge in [-0.25, -0.2) is 19.1 Å². The standard InChI is InChI=1S/C17H24N4O3.C13H22N4O2.C6H10O3/c1-11-9-15(22)21-14(18-11)10-12(19-21)13-7-5-6-8-20(13)16(23)24-17(2,3)4;1-13(2,3)19-12(18)17-7-5-4-6-10(17)9-8-11(14)16-15-9;1-3-9-6(8)4-5(2)7/h9-10,13,19H,5-8H2,1-4H3;8,10H,4-7H2,1-3H3,(H3,14,15,16);3-4H2,1-2H3/t13-;10-;/m00./s1. The number of carbonyl (C=O) groups excluding carboxylic acids is 4. The summed E-state index contributed by atoms with van der Waals surface area (Å²) >= 11 is 0. The topological polar surface area (TPSA) is 207 Å². The maximum atomic E-state index is 12.5. The van der Waals surface area contributed by atoms with E-state index in [2.05, 4.69) is 25.0 Å². The summed E-state index contributed by atoms with van der Waals surface area (Å²) in [6.07, 6.45) is 5.11. The van der Waals surface area contributed by atoms with E-state index in [0.717, 1.165) is 49.9 Å². The molecule has 0 spiro atoms. The van der Waals surface area contributed by atoms with Gasteiger partial charge in [-0.2, -0.15) is 5.10 Å². The van der Waals surface area contributed by atoms with Crippen molar-refractivity contribution in [2.75, 3.05) is 25.4 Å². The van der Waals surface area contributed by atoms with E-state index < -0.39 is 17.2 Å². The van der Waals surface area contributed by atoms with Crippen LogP contribution in [0.2, 0.25) is 0 Å². The van der Waals surface area contributed by atoms with Crippen molar-refractivity contribution in [2.45, 2.75) is 131 Å². The van der Waals surface area contributed by atoms with Gasteiger partial charge in [-0.3, -0.25) is 34.4 Å². The summed E-state index contributed by atoms with van der Waals surface area (Å²) in [5.74, 6) is -0.150. The molecule has 288 valence electrons. The first-order valence-corrected chi connectivity index (χ1v) is 17.8. The zero-order chi connectivity index (χ0) is 38.8. The number of H-pyrrole nitrogens is 2. The molecule has 0 bridgehead atoms. The molecular weight excluding hydrogens is 672 g/mol. The third-order valence-electron chi connectivity index (χ3n) is 7.89. The SMILES string of the molecule is CC(C)(C)OC(=O)N1CCCC[C@H]1c1cc(N)n[nH]1.CCOC(=O)CC(C)=O.Cc1cc(=O)n2[nH]c([C@@H]3CCCCN3C(=O)OC(C)(C)C)cc2n1. The van der Waals surface area contributed by atoms with E-state index in [0.29, 0.717) is 36.9 Å². The average Bonchev–Trinajstić information content (AvgIpc) is 3.66. The average molecular weight is 729 g/mol. The highest BCUT2D eigenvalue weighted by Gasteiger charge is 2.34. The number of anilines is 1. The van der Waals surface area contributed by atoms with Crippen molar-refractivity contribution in [3.8, 4) is 0 Å². The van der Waals surface area contributed by atoms with E-state index in [1.54, 1.807) is 29.7 Å². The van der Waals surface area contributed by atoms with Crippen molar-refractivity contribution in [1.29, 1.82) is 0 Å². The van der Waals surface area contributed by atoms with Gasteiger partial charge < -0.3 is 19.9 Å². The van der Waals surface area contributed by atoms with Crippen LogP contribution in [0, 0.1) is 6.92 Å². The largest absolute Gasteiger partial charge is 0.466 e. The highest BCUT2D eigenvalue weighted by molar-refractivity contribution is 5.94. The minimum Gasteiger partial charge on any atom is -0.466 e. The van der Waals surface area contributed by atoms with E-state index in [-0.39, 0.29) is 42.0 Å². The molecule has 2 aliphatic rings. The van der Waals surface area contributed by atoms with Crippen LogP contribution in [0.25, 0.3) is 5.65 Å². The molecule has 5 heterocycles. The summed E-state index contributed by atoms with van der Waals surface area (Å²) in [7, 11) is 0. The number of carbonyl (C=O) groups is 4. The fraction of sp³-hybridized carbons (Fsp3) is 0.639. The Morgan fingerprint density at radius 3 is 1.87 bits per heavy atom. The molecule has 3 aromatic heterocycles. The molecule has 2 amide bonds. The van der Waals surface area contributed by atoms with Crippen LogP contribution in [0.15, 0.2) is 23.0 Å². The number of nitrogens with two attached hydrogens (primary N) is 1. The first kappa shape index (κ1) is 41.5. The van der Waals surface area contributed by atoms with Crippen molar-refractivity contribution < 1.29 is 33.4 Å². The van der Waals surface area contributed by atoms with Crippen molar-refractivity contribution >= 4 is 35.4 Å². The first-order valence-electron chi connectivity index (χ1n) is 17.8. The van der Waals surface area contributed by atoms with Gasteiger partial charge in [0.25, 0.3) is 5.56 Å². The first-order chi connectivity index (χ1) is 24.3. The number of likely N-dealkylation sites (tertiary alicyclic amines) is 2. The number of nitrogen functional groups attached to an aromatic ring is 1. The zero-order valence-corrected chi connectivity index (χ0v) is 32.0. The van der Waals surface area contributed by atoms with Crippen LogP contribution in [0.5, 0.6) is 0 Å². The Labute approximate surface area is 304 Å². The number of fused-ring (bicyclic) bond motifs is 1. The molecule has 3 aromatic rings. The Hall–Kier alpha value is -4.89. The molecule has 0 saturated carbocycles. The van der Waals surface area contributed by atoms with Gasteiger partial charge in [0.05, 0.1) is 30.1 Å². The molecule has 0 unspecified atom stereocenters. The molecule has 16 nitrogen and oxygen atoms in total. The van der Waals surface area contributed by atoms with Crippen LogP contribution >= 0.6 is 0 Å². The smallest absolute Gasteiger partial charge is 0.410 e. The third-order valence-corrected chi connectivity index (χ3v) is 7.89. The molecule has 4 N–H and O–H groups in total. The molecule has 0 aromatic carbocycles. The second kappa shape index (κ2) is 18.0. The lowest BCUT2D eigenvalue weighted by Crippen LogP contribution is -2.42. The highest BCUT2D eigenvalue weighted by atomic mass is 16.6. The normalized spacial score (nSPS) is 17.6.